The van der Waals surface area contributed by atoms with E-state index in [-0.39, 0.29) is 0 Å². The Hall–Kier alpha value is -0.570. The predicted octanol–water partition coefficient (Wildman–Crippen LogP) is 1.53. The number of carbonyl (C=O) groups is 1. The molecule has 86 valence electrons. The van der Waals surface area contributed by atoms with Crippen molar-refractivity contribution in [1.29, 1.82) is 0 Å². The summed E-state index contributed by atoms with van der Waals surface area (Å²) >= 11 is 0. The maximum Gasteiger partial charge on any atom is 0.222 e. The summed E-state index contributed by atoms with van der Waals surface area (Å²) in [5.41, 5.74) is 0. The Morgan fingerprint density at radius 2 is 2.07 bits per heavy atom. The molecule has 2 aliphatic rings. The van der Waals surface area contributed by atoms with E-state index >= 15 is 0 Å². The van der Waals surface area contributed by atoms with Gasteiger partial charge in [0.1, 0.15) is 0 Å². The summed E-state index contributed by atoms with van der Waals surface area (Å²) in [5, 5.41) is 3.50. The van der Waals surface area contributed by atoms with Gasteiger partial charge >= 0.3 is 0 Å². The number of nitrogens with one attached hydrogen (secondary N) is 1. The molecule has 0 atom stereocenters. The average Bonchev–Trinajstić information content (AvgIpc) is 2.66. The summed E-state index contributed by atoms with van der Waals surface area (Å²) < 4.78 is 0. The molecule has 0 spiro atoms. The zero-order chi connectivity index (χ0) is 10.7. The van der Waals surface area contributed by atoms with E-state index in [0.717, 1.165) is 25.9 Å². The second-order valence-electron chi connectivity index (χ2n) is 4.75. The SMILES string of the molecule is CCNC1CCC(N2CCCC2=O)CC1. The Labute approximate surface area is 92.2 Å². The van der Waals surface area contributed by atoms with Gasteiger partial charge in [0.15, 0.2) is 0 Å². The van der Waals surface area contributed by atoms with Gasteiger partial charge in [0.25, 0.3) is 0 Å². The highest BCUT2D eigenvalue weighted by molar-refractivity contribution is 5.78. The van der Waals surface area contributed by atoms with Crippen LogP contribution in [0.2, 0.25) is 0 Å². The highest BCUT2D eigenvalue weighted by Gasteiger charge is 2.30. The summed E-state index contributed by atoms with van der Waals surface area (Å²) in [7, 11) is 0. The van der Waals surface area contributed by atoms with Crippen molar-refractivity contribution in [3.63, 3.8) is 0 Å². The van der Waals surface area contributed by atoms with Gasteiger partial charge in [0.05, 0.1) is 0 Å². The molecular weight excluding hydrogens is 188 g/mol. The molecule has 0 bridgehead atoms. The van der Waals surface area contributed by atoms with Gasteiger partial charge in [-0.25, -0.2) is 0 Å². The Morgan fingerprint density at radius 1 is 1.33 bits per heavy atom. The van der Waals surface area contributed by atoms with Crippen LogP contribution in [0.1, 0.15) is 45.4 Å². The number of rotatable bonds is 3. The van der Waals surface area contributed by atoms with Crippen molar-refractivity contribution in [2.24, 2.45) is 0 Å². The van der Waals surface area contributed by atoms with Crippen LogP contribution in [-0.4, -0.2) is 36.0 Å². The van der Waals surface area contributed by atoms with E-state index in [9.17, 15) is 4.79 Å². The van der Waals surface area contributed by atoms with Crippen LogP contribution in [0.5, 0.6) is 0 Å². The molecule has 0 radical (unpaired) electrons. The zero-order valence-corrected chi connectivity index (χ0v) is 9.67. The first-order valence-corrected chi connectivity index (χ1v) is 6.34. The third-order valence-corrected chi connectivity index (χ3v) is 3.74. The Bertz CT molecular complexity index is 222. The molecule has 3 heteroatoms. The maximum atomic E-state index is 11.6. The first-order valence-electron chi connectivity index (χ1n) is 6.34. The van der Waals surface area contributed by atoms with Crippen LogP contribution in [0, 0.1) is 0 Å². The molecule has 2 fully saturated rings. The molecule has 0 aromatic rings. The van der Waals surface area contributed by atoms with E-state index in [1.54, 1.807) is 0 Å². The summed E-state index contributed by atoms with van der Waals surface area (Å²) in [6, 6.07) is 1.25. The molecule has 1 saturated heterocycles. The number of hydrogen-bond acceptors (Lipinski definition) is 2. The molecule has 1 aliphatic carbocycles. The Kier molecular flexibility index (Phi) is 3.62. The molecule has 1 saturated carbocycles. The second kappa shape index (κ2) is 4.97. The van der Waals surface area contributed by atoms with Crippen LogP contribution < -0.4 is 5.32 Å². The minimum absolute atomic E-state index is 0.391. The maximum absolute atomic E-state index is 11.6. The summed E-state index contributed by atoms with van der Waals surface area (Å²) in [5.74, 6) is 0.391. The Balaban J connectivity index is 1.80. The van der Waals surface area contributed by atoms with Crippen LogP contribution in [0.4, 0.5) is 0 Å². The first-order chi connectivity index (χ1) is 7.31. The van der Waals surface area contributed by atoms with E-state index in [2.05, 4.69) is 17.1 Å². The largest absolute Gasteiger partial charge is 0.340 e. The normalized spacial score (nSPS) is 32.3. The predicted molar refractivity (Wildman–Crippen MR) is 60.7 cm³/mol. The number of likely N-dealkylation sites (tertiary alicyclic amines) is 1. The third-order valence-electron chi connectivity index (χ3n) is 3.74. The molecule has 1 amide bonds. The van der Waals surface area contributed by atoms with Crippen molar-refractivity contribution in [2.45, 2.75) is 57.5 Å². The number of nitrogens with zero attached hydrogens (tertiary/aromatic N) is 1. The fourth-order valence-electron chi connectivity index (χ4n) is 2.94. The standard InChI is InChI=1S/C12H22N2O/c1-2-13-10-5-7-11(8-6-10)14-9-3-4-12(14)15/h10-11,13H,2-9H2,1H3. The fraction of sp³-hybridized carbons (Fsp3) is 0.917. The molecule has 0 aromatic heterocycles. The van der Waals surface area contributed by atoms with Gasteiger partial charge in [0, 0.05) is 25.0 Å². The molecule has 2 rings (SSSR count). The van der Waals surface area contributed by atoms with Gasteiger partial charge in [-0.3, -0.25) is 4.79 Å². The van der Waals surface area contributed by atoms with E-state index < -0.39 is 0 Å². The molecule has 1 heterocycles. The van der Waals surface area contributed by atoms with Gasteiger partial charge in [0.2, 0.25) is 5.91 Å². The van der Waals surface area contributed by atoms with Crippen LogP contribution in [0.3, 0.4) is 0 Å². The molecule has 0 aromatic carbocycles. The van der Waals surface area contributed by atoms with E-state index in [1.807, 2.05) is 0 Å². The van der Waals surface area contributed by atoms with Crippen molar-refractivity contribution >= 4 is 5.91 Å². The van der Waals surface area contributed by atoms with Crippen LogP contribution in [0.25, 0.3) is 0 Å². The summed E-state index contributed by atoms with van der Waals surface area (Å²) in [6.07, 6.45) is 6.73. The summed E-state index contributed by atoms with van der Waals surface area (Å²) in [4.78, 5) is 13.7. The number of carbonyl (C=O) groups excluding carboxylic acids is 1. The lowest BCUT2D eigenvalue weighted by Crippen LogP contribution is -2.42. The van der Waals surface area contributed by atoms with Crippen LogP contribution in [0.15, 0.2) is 0 Å². The smallest absolute Gasteiger partial charge is 0.222 e. The van der Waals surface area contributed by atoms with Crippen LogP contribution >= 0.6 is 0 Å². The average molecular weight is 210 g/mol. The lowest BCUT2D eigenvalue weighted by molar-refractivity contribution is -0.130. The number of amides is 1. The lowest BCUT2D eigenvalue weighted by atomic mass is 9.90. The molecule has 0 unspecified atom stereocenters. The van der Waals surface area contributed by atoms with Gasteiger partial charge in [-0.15, -0.1) is 0 Å². The monoisotopic (exact) mass is 210 g/mol. The van der Waals surface area contributed by atoms with Crippen molar-refractivity contribution in [1.82, 2.24) is 10.2 Å². The topological polar surface area (TPSA) is 32.3 Å². The van der Waals surface area contributed by atoms with Gasteiger partial charge in [-0.2, -0.15) is 0 Å². The quantitative estimate of drug-likeness (QED) is 0.766. The van der Waals surface area contributed by atoms with Crippen molar-refractivity contribution in [3.8, 4) is 0 Å². The van der Waals surface area contributed by atoms with Gasteiger partial charge < -0.3 is 10.2 Å². The molecule has 1 N–H and O–H groups in total. The molecule has 1 aliphatic heterocycles. The highest BCUT2D eigenvalue weighted by Crippen LogP contribution is 2.26. The zero-order valence-electron chi connectivity index (χ0n) is 9.67. The number of hydrogen-bond donors (Lipinski definition) is 1. The third kappa shape index (κ3) is 2.51. The van der Waals surface area contributed by atoms with Crippen molar-refractivity contribution in [3.05, 3.63) is 0 Å². The second-order valence-corrected chi connectivity index (χ2v) is 4.75. The molecular formula is C12H22N2O. The van der Waals surface area contributed by atoms with Gasteiger partial charge in [-0.05, 0) is 38.6 Å². The fourth-order valence-corrected chi connectivity index (χ4v) is 2.94. The lowest BCUT2D eigenvalue weighted by Gasteiger charge is -2.34. The van der Waals surface area contributed by atoms with Crippen molar-refractivity contribution in [2.75, 3.05) is 13.1 Å². The van der Waals surface area contributed by atoms with E-state index in [4.69, 9.17) is 0 Å². The van der Waals surface area contributed by atoms with Crippen LogP contribution in [-0.2, 0) is 4.79 Å². The Morgan fingerprint density at radius 3 is 2.60 bits per heavy atom. The van der Waals surface area contributed by atoms with E-state index in [0.29, 0.717) is 18.0 Å². The molecule has 15 heavy (non-hydrogen) atoms. The summed E-state index contributed by atoms with van der Waals surface area (Å²) in [6.45, 7) is 4.24. The highest BCUT2D eigenvalue weighted by atomic mass is 16.2. The minimum Gasteiger partial charge on any atom is -0.340 e. The first kappa shape index (κ1) is 10.9. The molecule has 3 nitrogen and oxygen atoms in total. The van der Waals surface area contributed by atoms with Crippen molar-refractivity contribution < 1.29 is 4.79 Å². The minimum atomic E-state index is 0.391. The van der Waals surface area contributed by atoms with Gasteiger partial charge in [-0.1, -0.05) is 6.92 Å². The van der Waals surface area contributed by atoms with E-state index in [1.165, 1.54) is 25.7 Å².